The van der Waals surface area contributed by atoms with Gasteiger partial charge in [-0.3, -0.25) is 4.79 Å². The van der Waals surface area contributed by atoms with Crippen LogP contribution < -0.4 is 0 Å². The monoisotopic (exact) mass is 229 g/mol. The highest BCUT2D eigenvalue weighted by atomic mass is 16.5. The topological polar surface area (TPSA) is 43.1 Å². The number of rotatable bonds is 4. The molecule has 0 spiro atoms. The summed E-state index contributed by atoms with van der Waals surface area (Å²) >= 11 is 0. The van der Waals surface area contributed by atoms with Gasteiger partial charge >= 0.3 is 0 Å². The van der Waals surface area contributed by atoms with Gasteiger partial charge in [0.2, 0.25) is 0 Å². The number of hydrogen-bond donors (Lipinski definition) is 0. The Morgan fingerprint density at radius 1 is 1.29 bits per heavy atom. The molecule has 0 saturated carbocycles. The predicted molar refractivity (Wildman–Crippen MR) is 65.9 cm³/mol. The lowest BCUT2D eigenvalue weighted by Gasteiger charge is -2.04. The Kier molecular flexibility index (Phi) is 3.38. The molecule has 3 nitrogen and oxygen atoms in total. The number of carbonyl (C=O) groups is 1. The van der Waals surface area contributed by atoms with Crippen LogP contribution in [0.1, 0.15) is 29.9 Å². The van der Waals surface area contributed by atoms with E-state index in [0.717, 1.165) is 12.0 Å². The highest BCUT2D eigenvalue weighted by Crippen LogP contribution is 2.21. The third kappa shape index (κ3) is 2.81. The molecule has 3 heteroatoms. The molecule has 2 rings (SSSR count). The molecule has 0 fully saturated rings. The minimum absolute atomic E-state index is 0.325. The van der Waals surface area contributed by atoms with Crippen molar-refractivity contribution < 1.29 is 9.32 Å². The summed E-state index contributed by atoms with van der Waals surface area (Å²) in [7, 11) is 0. The van der Waals surface area contributed by atoms with Gasteiger partial charge in [0.15, 0.2) is 12.0 Å². The molecule has 0 aliphatic rings. The minimum Gasteiger partial charge on any atom is -0.356 e. The number of hydrogen-bond acceptors (Lipinski definition) is 3. The van der Waals surface area contributed by atoms with Gasteiger partial charge in [-0.2, -0.15) is 0 Å². The summed E-state index contributed by atoms with van der Waals surface area (Å²) < 4.78 is 5.08. The molecule has 1 aromatic heterocycles. The highest BCUT2D eigenvalue weighted by Gasteiger charge is 2.06. The summed E-state index contributed by atoms with van der Waals surface area (Å²) in [6.07, 6.45) is 1.75. The molecule has 17 heavy (non-hydrogen) atoms. The smallest absolute Gasteiger partial charge is 0.171 e. The van der Waals surface area contributed by atoms with E-state index in [1.165, 1.54) is 5.56 Å². The zero-order valence-corrected chi connectivity index (χ0v) is 10.0. The number of benzene rings is 1. The summed E-state index contributed by atoms with van der Waals surface area (Å²) in [6, 6.07) is 9.79. The second kappa shape index (κ2) is 4.95. The van der Waals surface area contributed by atoms with Crippen LogP contribution in [0.5, 0.6) is 0 Å². The minimum atomic E-state index is 0.325. The molecule has 0 saturated heterocycles. The number of carbonyl (C=O) groups excluding carboxylic acids is 1. The number of nitrogens with zero attached hydrogens (tertiary/aromatic N) is 1. The van der Waals surface area contributed by atoms with Crippen LogP contribution in [-0.4, -0.2) is 11.4 Å². The van der Waals surface area contributed by atoms with Crippen molar-refractivity contribution in [3.8, 4) is 11.3 Å². The zero-order chi connectivity index (χ0) is 12.3. The van der Waals surface area contributed by atoms with Gasteiger partial charge in [0.1, 0.15) is 5.69 Å². The fourth-order valence-electron chi connectivity index (χ4n) is 1.76. The van der Waals surface area contributed by atoms with Crippen LogP contribution in [0.25, 0.3) is 11.3 Å². The van der Waals surface area contributed by atoms with Crippen molar-refractivity contribution in [1.82, 2.24) is 5.16 Å². The van der Waals surface area contributed by atoms with Gasteiger partial charge < -0.3 is 4.52 Å². The van der Waals surface area contributed by atoms with Gasteiger partial charge in [0.25, 0.3) is 0 Å². The van der Waals surface area contributed by atoms with E-state index in [-0.39, 0.29) is 0 Å². The van der Waals surface area contributed by atoms with Crippen molar-refractivity contribution in [2.75, 3.05) is 0 Å². The predicted octanol–water partition coefficient (Wildman–Crippen LogP) is 3.35. The molecule has 0 radical (unpaired) electrons. The average molecular weight is 229 g/mol. The third-order valence-corrected chi connectivity index (χ3v) is 2.53. The summed E-state index contributed by atoms with van der Waals surface area (Å²) in [5.41, 5.74) is 2.57. The summed E-state index contributed by atoms with van der Waals surface area (Å²) in [5.74, 6) is 1.27. The van der Waals surface area contributed by atoms with Crippen LogP contribution in [0.2, 0.25) is 0 Å². The van der Waals surface area contributed by atoms with E-state index in [0.29, 0.717) is 23.7 Å². The van der Waals surface area contributed by atoms with Crippen LogP contribution in [0.15, 0.2) is 34.9 Å². The van der Waals surface area contributed by atoms with E-state index in [9.17, 15) is 4.79 Å². The van der Waals surface area contributed by atoms with Gasteiger partial charge in [0.05, 0.1) is 0 Å². The lowest BCUT2D eigenvalue weighted by molar-refractivity contribution is 0.111. The van der Waals surface area contributed by atoms with Crippen molar-refractivity contribution in [3.05, 3.63) is 41.6 Å². The normalized spacial score (nSPS) is 10.8. The van der Waals surface area contributed by atoms with E-state index in [2.05, 4.69) is 31.1 Å². The highest BCUT2D eigenvalue weighted by molar-refractivity contribution is 5.74. The van der Waals surface area contributed by atoms with Gasteiger partial charge in [0, 0.05) is 11.6 Å². The molecule has 0 atom stereocenters. The number of aromatic nitrogens is 1. The van der Waals surface area contributed by atoms with Crippen molar-refractivity contribution in [3.63, 3.8) is 0 Å². The van der Waals surface area contributed by atoms with Crippen molar-refractivity contribution >= 4 is 6.29 Å². The quantitative estimate of drug-likeness (QED) is 0.755. The largest absolute Gasteiger partial charge is 0.356 e. The van der Waals surface area contributed by atoms with Crippen LogP contribution in [-0.2, 0) is 6.42 Å². The fourth-order valence-corrected chi connectivity index (χ4v) is 1.76. The molecule has 0 amide bonds. The Morgan fingerprint density at radius 2 is 2.00 bits per heavy atom. The first kappa shape index (κ1) is 11.6. The Hall–Kier alpha value is -1.90. The van der Waals surface area contributed by atoms with Gasteiger partial charge in [-0.05, 0) is 17.9 Å². The van der Waals surface area contributed by atoms with Crippen molar-refractivity contribution in [2.45, 2.75) is 20.3 Å². The van der Waals surface area contributed by atoms with Crippen molar-refractivity contribution in [1.29, 1.82) is 0 Å². The molecule has 0 unspecified atom stereocenters. The maximum atomic E-state index is 10.5. The van der Waals surface area contributed by atoms with Crippen LogP contribution in [0.4, 0.5) is 0 Å². The molecule has 1 heterocycles. The van der Waals surface area contributed by atoms with Gasteiger partial charge in [-0.25, -0.2) is 0 Å². The second-order valence-electron chi connectivity index (χ2n) is 4.53. The molecule has 0 aliphatic heterocycles. The molecule has 0 aliphatic carbocycles. The standard InChI is InChI=1S/C14H15NO2/c1-10(2)7-11-3-5-12(6-4-11)14-8-13(9-16)15-17-14/h3-6,8-10H,7H2,1-2H3. The maximum Gasteiger partial charge on any atom is 0.171 e. The molecule has 0 bridgehead atoms. The Balaban J connectivity index is 2.19. The van der Waals surface area contributed by atoms with E-state index >= 15 is 0 Å². The fraction of sp³-hybridized carbons (Fsp3) is 0.286. The Bertz CT molecular complexity index is 497. The summed E-state index contributed by atoms with van der Waals surface area (Å²) in [5, 5.41) is 3.64. The molecular formula is C14H15NO2. The molecule has 1 aromatic carbocycles. The molecule has 0 N–H and O–H groups in total. The Morgan fingerprint density at radius 3 is 2.53 bits per heavy atom. The SMILES string of the molecule is CC(C)Cc1ccc(-c2cc(C=O)no2)cc1. The zero-order valence-electron chi connectivity index (χ0n) is 10.0. The maximum absolute atomic E-state index is 10.5. The van der Waals surface area contributed by atoms with Crippen LogP contribution in [0, 0.1) is 5.92 Å². The van der Waals surface area contributed by atoms with Crippen LogP contribution in [0.3, 0.4) is 0 Å². The first-order chi connectivity index (χ1) is 8.19. The Labute approximate surface area is 100 Å². The van der Waals surface area contributed by atoms with Gasteiger partial charge in [-0.1, -0.05) is 43.3 Å². The molecule has 2 aromatic rings. The van der Waals surface area contributed by atoms with E-state index < -0.39 is 0 Å². The van der Waals surface area contributed by atoms with E-state index in [4.69, 9.17) is 4.52 Å². The third-order valence-electron chi connectivity index (χ3n) is 2.53. The van der Waals surface area contributed by atoms with Crippen LogP contribution >= 0.6 is 0 Å². The lowest BCUT2D eigenvalue weighted by atomic mass is 10.0. The second-order valence-corrected chi connectivity index (χ2v) is 4.53. The number of aldehydes is 1. The van der Waals surface area contributed by atoms with E-state index in [1.807, 2.05) is 12.1 Å². The van der Waals surface area contributed by atoms with E-state index in [1.54, 1.807) is 6.07 Å². The summed E-state index contributed by atoms with van der Waals surface area (Å²) in [6.45, 7) is 4.39. The van der Waals surface area contributed by atoms with Gasteiger partial charge in [-0.15, -0.1) is 0 Å². The first-order valence-corrected chi connectivity index (χ1v) is 5.70. The first-order valence-electron chi connectivity index (χ1n) is 5.70. The average Bonchev–Trinajstić information content (AvgIpc) is 2.78. The molecular weight excluding hydrogens is 214 g/mol. The summed E-state index contributed by atoms with van der Waals surface area (Å²) in [4.78, 5) is 10.5. The molecule has 88 valence electrons. The van der Waals surface area contributed by atoms with Crippen molar-refractivity contribution in [2.24, 2.45) is 5.92 Å². The lowest BCUT2D eigenvalue weighted by Crippen LogP contribution is -1.93.